The summed E-state index contributed by atoms with van der Waals surface area (Å²) in [4.78, 5) is 12.0. The monoisotopic (exact) mass is 402 g/mol. The summed E-state index contributed by atoms with van der Waals surface area (Å²) >= 11 is 3.44. The van der Waals surface area contributed by atoms with Crippen molar-refractivity contribution in [2.75, 3.05) is 6.61 Å². The highest BCUT2D eigenvalue weighted by molar-refractivity contribution is 9.10. The first-order valence-corrected chi connectivity index (χ1v) is 9.19. The van der Waals surface area contributed by atoms with Gasteiger partial charge in [0.1, 0.15) is 5.75 Å². The Kier molecular flexibility index (Phi) is 7.67. The molecule has 0 aromatic heterocycles. The van der Waals surface area contributed by atoms with Gasteiger partial charge in [-0.25, -0.2) is 5.43 Å². The third kappa shape index (κ3) is 6.35. The second-order valence-electron chi connectivity index (χ2n) is 5.76. The van der Waals surface area contributed by atoms with Crippen LogP contribution in [0.15, 0.2) is 58.1 Å². The number of rotatable bonds is 8. The molecule has 1 N–H and O–H groups in total. The predicted molar refractivity (Wildman–Crippen MR) is 105 cm³/mol. The number of hydrazone groups is 1. The number of halogens is 1. The van der Waals surface area contributed by atoms with Crippen LogP contribution in [0.25, 0.3) is 0 Å². The molecule has 0 heterocycles. The standard InChI is InChI=1S/C20H23BrN2O2/c1-3-4-10-19(16-8-6-5-7-9-16)22-23-20(24)14-25-17-11-12-18(21)15(2)13-17/h5-9,11-13H,3-4,10,14H2,1-2H3,(H,23,24)/b22-19+. The fourth-order valence-electron chi connectivity index (χ4n) is 2.26. The minimum atomic E-state index is -0.273. The van der Waals surface area contributed by atoms with Crippen LogP contribution >= 0.6 is 15.9 Å². The van der Waals surface area contributed by atoms with E-state index in [-0.39, 0.29) is 12.5 Å². The number of ether oxygens (including phenoxy) is 1. The van der Waals surface area contributed by atoms with Crippen molar-refractivity contribution in [3.05, 3.63) is 64.1 Å². The second-order valence-corrected chi connectivity index (χ2v) is 6.62. The average Bonchev–Trinajstić information content (AvgIpc) is 2.63. The zero-order chi connectivity index (χ0) is 18.1. The lowest BCUT2D eigenvalue weighted by atomic mass is 10.1. The molecule has 4 nitrogen and oxygen atoms in total. The van der Waals surface area contributed by atoms with Gasteiger partial charge in [0.25, 0.3) is 5.91 Å². The molecule has 0 aliphatic carbocycles. The van der Waals surface area contributed by atoms with Crippen LogP contribution in [0.3, 0.4) is 0 Å². The van der Waals surface area contributed by atoms with Gasteiger partial charge in [0.2, 0.25) is 0 Å². The molecule has 0 saturated carbocycles. The van der Waals surface area contributed by atoms with Crippen molar-refractivity contribution in [3.63, 3.8) is 0 Å². The van der Waals surface area contributed by atoms with Crippen LogP contribution in [0.1, 0.15) is 37.3 Å². The summed E-state index contributed by atoms with van der Waals surface area (Å²) in [6.45, 7) is 4.04. The molecule has 0 aliphatic heterocycles. The molecular formula is C20H23BrN2O2. The lowest BCUT2D eigenvalue weighted by Gasteiger charge is -2.09. The zero-order valence-electron chi connectivity index (χ0n) is 14.6. The van der Waals surface area contributed by atoms with Gasteiger partial charge in [-0.05, 0) is 49.1 Å². The first-order valence-electron chi connectivity index (χ1n) is 8.40. The molecule has 0 atom stereocenters. The van der Waals surface area contributed by atoms with E-state index in [2.05, 4.69) is 33.4 Å². The van der Waals surface area contributed by atoms with E-state index in [9.17, 15) is 4.79 Å². The van der Waals surface area contributed by atoms with Gasteiger partial charge in [-0.1, -0.05) is 59.6 Å². The summed E-state index contributed by atoms with van der Waals surface area (Å²) in [5, 5.41) is 4.30. The van der Waals surface area contributed by atoms with Crippen LogP contribution < -0.4 is 10.2 Å². The molecule has 0 radical (unpaired) electrons. The van der Waals surface area contributed by atoms with Gasteiger partial charge in [0, 0.05) is 4.47 Å². The number of carbonyl (C=O) groups is 1. The number of carbonyl (C=O) groups excluding carboxylic acids is 1. The first-order chi connectivity index (χ1) is 12.1. The molecule has 1 amide bonds. The highest BCUT2D eigenvalue weighted by Gasteiger charge is 2.06. The number of aryl methyl sites for hydroxylation is 1. The van der Waals surface area contributed by atoms with Gasteiger partial charge in [-0.3, -0.25) is 4.79 Å². The Morgan fingerprint density at radius 1 is 1.20 bits per heavy atom. The van der Waals surface area contributed by atoms with Crippen LogP contribution in [-0.2, 0) is 4.79 Å². The Labute approximate surface area is 157 Å². The van der Waals surface area contributed by atoms with E-state index in [1.165, 1.54) is 0 Å². The van der Waals surface area contributed by atoms with Crippen LogP contribution in [0.2, 0.25) is 0 Å². The number of benzene rings is 2. The quantitative estimate of drug-likeness (QED) is 0.506. The van der Waals surface area contributed by atoms with Gasteiger partial charge >= 0.3 is 0 Å². The van der Waals surface area contributed by atoms with Crippen molar-refractivity contribution in [3.8, 4) is 5.75 Å². The van der Waals surface area contributed by atoms with Crippen LogP contribution in [0, 0.1) is 6.92 Å². The molecule has 132 valence electrons. The molecule has 0 spiro atoms. The van der Waals surface area contributed by atoms with Crippen molar-refractivity contribution in [2.45, 2.75) is 33.1 Å². The summed E-state index contributed by atoms with van der Waals surface area (Å²) in [7, 11) is 0. The number of hydrogen-bond donors (Lipinski definition) is 1. The van der Waals surface area contributed by atoms with Gasteiger partial charge in [-0.15, -0.1) is 0 Å². The Morgan fingerprint density at radius 3 is 2.64 bits per heavy atom. The molecule has 5 heteroatoms. The lowest BCUT2D eigenvalue weighted by Crippen LogP contribution is -2.26. The number of amides is 1. The molecular weight excluding hydrogens is 380 g/mol. The molecule has 0 fully saturated rings. The van der Waals surface area contributed by atoms with Gasteiger partial charge in [0.15, 0.2) is 6.61 Å². The predicted octanol–water partition coefficient (Wildman–Crippen LogP) is 4.85. The summed E-state index contributed by atoms with van der Waals surface area (Å²) in [6, 6.07) is 15.5. The van der Waals surface area contributed by atoms with E-state index in [1.807, 2.05) is 55.5 Å². The van der Waals surface area contributed by atoms with E-state index >= 15 is 0 Å². The van der Waals surface area contributed by atoms with Gasteiger partial charge in [-0.2, -0.15) is 5.10 Å². The van der Waals surface area contributed by atoms with Crippen molar-refractivity contribution in [1.29, 1.82) is 0 Å². The van der Waals surface area contributed by atoms with Crippen LogP contribution in [-0.4, -0.2) is 18.2 Å². The molecule has 0 aliphatic rings. The molecule has 2 aromatic carbocycles. The van der Waals surface area contributed by atoms with Crippen LogP contribution in [0.4, 0.5) is 0 Å². The van der Waals surface area contributed by atoms with Crippen molar-refractivity contribution < 1.29 is 9.53 Å². The van der Waals surface area contributed by atoms with E-state index in [4.69, 9.17) is 4.74 Å². The van der Waals surface area contributed by atoms with Gasteiger partial charge < -0.3 is 4.74 Å². The Hall–Kier alpha value is -2.14. The van der Waals surface area contributed by atoms with E-state index < -0.39 is 0 Å². The second kappa shape index (κ2) is 9.99. The van der Waals surface area contributed by atoms with Crippen molar-refractivity contribution in [1.82, 2.24) is 5.43 Å². The number of hydrogen-bond acceptors (Lipinski definition) is 3. The maximum absolute atomic E-state index is 12.0. The number of unbranched alkanes of at least 4 members (excludes halogenated alkanes) is 1. The maximum Gasteiger partial charge on any atom is 0.277 e. The summed E-state index contributed by atoms with van der Waals surface area (Å²) in [5.74, 6) is 0.389. The number of nitrogens with zero attached hydrogens (tertiary/aromatic N) is 1. The highest BCUT2D eigenvalue weighted by Crippen LogP contribution is 2.21. The average molecular weight is 403 g/mol. The lowest BCUT2D eigenvalue weighted by molar-refractivity contribution is -0.123. The Bertz CT molecular complexity index is 730. The topological polar surface area (TPSA) is 50.7 Å². The Balaban J connectivity index is 1.94. The largest absolute Gasteiger partial charge is 0.484 e. The number of nitrogens with one attached hydrogen (secondary N) is 1. The van der Waals surface area contributed by atoms with Crippen molar-refractivity contribution >= 4 is 27.5 Å². The molecule has 25 heavy (non-hydrogen) atoms. The van der Waals surface area contributed by atoms with E-state index in [0.717, 1.165) is 40.6 Å². The zero-order valence-corrected chi connectivity index (χ0v) is 16.2. The normalized spacial score (nSPS) is 11.2. The maximum atomic E-state index is 12.0. The smallest absolute Gasteiger partial charge is 0.277 e. The van der Waals surface area contributed by atoms with Gasteiger partial charge in [0.05, 0.1) is 5.71 Å². The molecule has 0 saturated heterocycles. The SMILES string of the molecule is CCCC/C(=N\NC(=O)COc1ccc(Br)c(C)c1)c1ccccc1. The summed E-state index contributed by atoms with van der Waals surface area (Å²) in [5.41, 5.74) is 5.57. The molecule has 2 aromatic rings. The summed E-state index contributed by atoms with van der Waals surface area (Å²) < 4.78 is 6.53. The summed E-state index contributed by atoms with van der Waals surface area (Å²) in [6.07, 6.45) is 2.93. The molecule has 2 rings (SSSR count). The Morgan fingerprint density at radius 2 is 1.96 bits per heavy atom. The van der Waals surface area contributed by atoms with E-state index in [1.54, 1.807) is 0 Å². The highest BCUT2D eigenvalue weighted by atomic mass is 79.9. The minimum absolute atomic E-state index is 0.0690. The van der Waals surface area contributed by atoms with Crippen LogP contribution in [0.5, 0.6) is 5.75 Å². The third-order valence-electron chi connectivity index (χ3n) is 3.69. The first kappa shape index (κ1) is 19.2. The van der Waals surface area contributed by atoms with E-state index in [0.29, 0.717) is 5.75 Å². The minimum Gasteiger partial charge on any atom is -0.484 e. The fourth-order valence-corrected chi connectivity index (χ4v) is 2.50. The third-order valence-corrected chi connectivity index (χ3v) is 4.58. The fraction of sp³-hybridized carbons (Fsp3) is 0.300. The molecule has 0 unspecified atom stereocenters. The molecule has 0 bridgehead atoms. The van der Waals surface area contributed by atoms with Crippen molar-refractivity contribution in [2.24, 2.45) is 5.10 Å².